The summed E-state index contributed by atoms with van der Waals surface area (Å²) in [6, 6.07) is 13.3. The maximum atomic E-state index is 15.5. The molecule has 4 N–H and O–H groups in total. The van der Waals surface area contributed by atoms with Crippen LogP contribution in [0.1, 0.15) is 119 Å². The number of nitrogens with one attached hydrogen (secondary N) is 2. The molecule has 3 aliphatic rings. The number of benzene rings is 3. The van der Waals surface area contributed by atoms with Gasteiger partial charge in [-0.15, -0.1) is 11.3 Å². The zero-order valence-corrected chi connectivity index (χ0v) is 39.8. The Morgan fingerprint density at radius 1 is 0.932 bits per heavy atom. The standard InChI is InChI=1S/C52H42F8N8O4S/c1-50(2,3)72-49(71)31-6-4-5-30(31)47-62-22-38(64-47)26-10-7-24(8-11-26)9-14-41-65-48-39(73-41)21-32(27-12-13-36(55)34(18-27)46(61)70)43(66-48)37(17-25-15-28(53)19-29(54)16-25)63-40(69)23-68-45-42(44(67-68)52(58,59)60)33-20-35(33)51(45,56)57/h7-8,10-13,15-16,18-19,21-22,30-31,33,35,37H,4-6,17,20,23H2,1-3H3,(H2,61,70)(H,62,64)(H,63,69)/t30?,31?,33-,35?,37-/m0/s1. The summed E-state index contributed by atoms with van der Waals surface area (Å²) in [6.07, 6.45) is -1.54. The minimum Gasteiger partial charge on any atom is -0.460 e. The molecule has 0 spiro atoms. The van der Waals surface area contributed by atoms with Crippen molar-refractivity contribution in [2.24, 2.45) is 17.6 Å². The van der Waals surface area contributed by atoms with Crippen LogP contribution < -0.4 is 11.1 Å². The Bertz CT molecular complexity index is 3420. The first-order valence-corrected chi connectivity index (χ1v) is 23.9. The summed E-state index contributed by atoms with van der Waals surface area (Å²) < 4.78 is 124. The quantitative estimate of drug-likeness (QED) is 0.0653. The molecule has 4 aromatic heterocycles. The number of imidazole rings is 1. The molecule has 3 aliphatic carbocycles. The Balaban J connectivity index is 0.978. The summed E-state index contributed by atoms with van der Waals surface area (Å²) in [4.78, 5) is 56.7. The predicted molar refractivity (Wildman–Crippen MR) is 250 cm³/mol. The van der Waals surface area contributed by atoms with E-state index < -0.39 is 100 Å². The predicted octanol–water partition coefficient (Wildman–Crippen LogP) is 10.4. The van der Waals surface area contributed by atoms with E-state index in [0.29, 0.717) is 39.0 Å². The van der Waals surface area contributed by atoms with Crippen LogP contribution in [0, 0.1) is 41.1 Å². The van der Waals surface area contributed by atoms with E-state index in [1.165, 1.54) is 6.07 Å². The Labute approximate surface area is 414 Å². The van der Waals surface area contributed by atoms with Crippen molar-refractivity contribution in [2.75, 3.05) is 0 Å². The molecule has 4 heterocycles. The van der Waals surface area contributed by atoms with Gasteiger partial charge in [-0.3, -0.25) is 19.1 Å². The number of aromatic nitrogens is 6. The largest absolute Gasteiger partial charge is 0.460 e. The molecule has 12 nitrogen and oxygen atoms in total. The lowest BCUT2D eigenvalue weighted by Gasteiger charge is -2.24. The average molecular weight is 1030 g/mol. The molecule has 2 saturated carbocycles. The molecule has 3 aromatic carbocycles. The summed E-state index contributed by atoms with van der Waals surface area (Å²) in [5, 5.41) is 6.32. The summed E-state index contributed by atoms with van der Waals surface area (Å²) in [5.41, 5.74) is 3.50. The number of primary amides is 1. The van der Waals surface area contributed by atoms with Gasteiger partial charge in [0.1, 0.15) is 41.1 Å². The zero-order chi connectivity index (χ0) is 51.9. The second kappa shape index (κ2) is 18.2. The third-order valence-electron chi connectivity index (χ3n) is 13.1. The van der Waals surface area contributed by atoms with Gasteiger partial charge < -0.3 is 20.8 Å². The zero-order valence-electron chi connectivity index (χ0n) is 38.9. The molecule has 3 unspecified atom stereocenters. The molecule has 2 fully saturated rings. The van der Waals surface area contributed by atoms with Crippen LogP contribution in [0.15, 0.2) is 72.9 Å². The number of alkyl halides is 5. The number of carbonyl (C=O) groups excluding carboxylic acids is 3. The van der Waals surface area contributed by atoms with Crippen molar-refractivity contribution in [1.29, 1.82) is 0 Å². The van der Waals surface area contributed by atoms with Crippen molar-refractivity contribution in [3.05, 3.63) is 141 Å². The highest BCUT2D eigenvalue weighted by Crippen LogP contribution is 2.68. The van der Waals surface area contributed by atoms with Gasteiger partial charge in [0.15, 0.2) is 16.3 Å². The molecule has 21 heteroatoms. The molecule has 0 saturated heterocycles. The molecule has 0 aliphatic heterocycles. The Morgan fingerprint density at radius 3 is 2.36 bits per heavy atom. The monoisotopic (exact) mass is 1030 g/mol. The molecular weight excluding hydrogens is 985 g/mol. The second-order valence-corrected chi connectivity index (χ2v) is 20.5. The molecular formula is C52H42F8N8O4S. The average Bonchev–Trinajstić information content (AvgIpc) is 3.79. The summed E-state index contributed by atoms with van der Waals surface area (Å²) in [6.45, 7) is 4.40. The van der Waals surface area contributed by atoms with Crippen LogP contribution in [0.5, 0.6) is 0 Å². The number of thiazole rings is 1. The van der Waals surface area contributed by atoms with Gasteiger partial charge in [-0.2, -0.15) is 27.1 Å². The van der Waals surface area contributed by atoms with Gasteiger partial charge in [0.25, 0.3) is 11.8 Å². The Morgan fingerprint density at radius 2 is 1.66 bits per heavy atom. The first-order chi connectivity index (χ1) is 34.5. The number of ether oxygens (including phenoxy) is 1. The van der Waals surface area contributed by atoms with Crippen LogP contribution in [0.3, 0.4) is 0 Å². The van der Waals surface area contributed by atoms with E-state index in [1.54, 1.807) is 24.4 Å². The van der Waals surface area contributed by atoms with Crippen molar-refractivity contribution in [1.82, 2.24) is 35.0 Å². The van der Waals surface area contributed by atoms with Gasteiger partial charge in [-0.1, -0.05) is 30.5 Å². The molecule has 5 atom stereocenters. The van der Waals surface area contributed by atoms with E-state index in [4.69, 9.17) is 20.4 Å². The van der Waals surface area contributed by atoms with E-state index in [9.17, 15) is 40.7 Å². The first-order valence-electron chi connectivity index (χ1n) is 23.1. The summed E-state index contributed by atoms with van der Waals surface area (Å²) in [5.74, 6) is -5.18. The van der Waals surface area contributed by atoms with Crippen LogP contribution in [0.25, 0.3) is 32.7 Å². The van der Waals surface area contributed by atoms with Crippen LogP contribution in [0.4, 0.5) is 35.1 Å². The fourth-order valence-corrected chi connectivity index (χ4v) is 10.7. The van der Waals surface area contributed by atoms with Crippen molar-refractivity contribution in [3.63, 3.8) is 0 Å². The number of hydrogen-bond donors (Lipinski definition) is 3. The van der Waals surface area contributed by atoms with Crippen LogP contribution >= 0.6 is 11.3 Å². The smallest absolute Gasteiger partial charge is 0.435 e. The van der Waals surface area contributed by atoms with Gasteiger partial charge in [-0.25, -0.2) is 28.1 Å². The van der Waals surface area contributed by atoms with Crippen LogP contribution in [0.2, 0.25) is 0 Å². The lowest BCUT2D eigenvalue weighted by atomic mass is 9.94. The van der Waals surface area contributed by atoms with Crippen LogP contribution in [-0.4, -0.2) is 53.1 Å². The number of esters is 1. The van der Waals surface area contributed by atoms with Crippen LogP contribution in [-0.2, 0) is 39.4 Å². The van der Waals surface area contributed by atoms with Gasteiger partial charge in [0.05, 0.1) is 33.6 Å². The first kappa shape index (κ1) is 49.1. The lowest BCUT2D eigenvalue weighted by Crippen LogP contribution is -2.35. The number of rotatable bonds is 11. The van der Waals surface area contributed by atoms with Gasteiger partial charge in [0.2, 0.25) is 5.91 Å². The summed E-state index contributed by atoms with van der Waals surface area (Å²) in [7, 11) is 0. The van der Waals surface area contributed by atoms with Crippen molar-refractivity contribution in [3.8, 4) is 34.2 Å². The number of H-pyrrole nitrogens is 1. The number of halogens is 8. The van der Waals surface area contributed by atoms with E-state index in [2.05, 4.69) is 32.2 Å². The fourth-order valence-electron chi connectivity index (χ4n) is 9.93. The molecule has 73 heavy (non-hydrogen) atoms. The topological polar surface area (TPSA) is 171 Å². The second-order valence-electron chi connectivity index (χ2n) is 19.4. The maximum absolute atomic E-state index is 15.5. The number of fused-ring (bicyclic) bond motifs is 4. The van der Waals surface area contributed by atoms with Crippen molar-refractivity contribution >= 4 is 39.5 Å². The third kappa shape index (κ3) is 9.79. The number of aromatic amines is 1. The lowest BCUT2D eigenvalue weighted by molar-refractivity contribution is -0.160. The molecule has 376 valence electrons. The minimum absolute atomic E-state index is 0.0252. The van der Waals surface area contributed by atoms with E-state index in [1.807, 2.05) is 32.9 Å². The van der Waals surface area contributed by atoms with Gasteiger partial charge >= 0.3 is 12.1 Å². The maximum Gasteiger partial charge on any atom is 0.435 e. The highest BCUT2D eigenvalue weighted by Gasteiger charge is 2.68. The number of nitrogens with zero attached hydrogens (tertiary/aromatic N) is 5. The molecule has 10 rings (SSSR count). The number of hydrogen-bond acceptors (Lipinski definition) is 9. The molecule has 0 bridgehead atoms. The fraction of sp³-hybridized carbons (Fsp3) is 0.327. The number of pyridine rings is 1. The minimum atomic E-state index is -5.10. The highest BCUT2D eigenvalue weighted by molar-refractivity contribution is 7.19. The van der Waals surface area contributed by atoms with Gasteiger partial charge in [-0.05, 0) is 112 Å². The summed E-state index contributed by atoms with van der Waals surface area (Å²) >= 11 is 1.10. The van der Waals surface area contributed by atoms with Crippen molar-refractivity contribution in [2.45, 2.75) is 95.0 Å². The molecule has 2 amide bonds. The van der Waals surface area contributed by atoms with Crippen molar-refractivity contribution < 1.29 is 54.2 Å². The molecule has 0 radical (unpaired) electrons. The highest BCUT2D eigenvalue weighted by atomic mass is 32.1. The molecule has 7 aromatic rings. The SMILES string of the molecule is CC(C)(C)OC(=O)C1CCCC1c1nc(-c2ccc(C#Cc3nc4nc([C@H](Cc5cc(F)cc(F)c5)NC(=O)Cn5nc(C(F)(F)F)c6c5C(F)(F)C5C[C@H]65)c(-c5ccc(F)c(C(N)=O)c5)cc4s3)cc2)c[nH]1. The Kier molecular flexibility index (Phi) is 12.3. The third-order valence-corrected chi connectivity index (χ3v) is 14.1. The number of nitrogens with two attached hydrogens (primary N) is 1. The Hall–Kier alpha value is -7.47. The van der Waals surface area contributed by atoms with E-state index in [0.717, 1.165) is 54.0 Å². The number of amides is 2. The normalized spacial score (nSPS) is 19.2. The van der Waals surface area contributed by atoms with E-state index in [-0.39, 0.29) is 57.3 Å². The van der Waals surface area contributed by atoms with Gasteiger partial charge in [0, 0.05) is 46.4 Å². The van der Waals surface area contributed by atoms with E-state index >= 15 is 8.78 Å². The number of carbonyl (C=O) groups is 3.